The Balaban J connectivity index is 2.31. The van der Waals surface area contributed by atoms with E-state index in [1.807, 2.05) is 24.3 Å². The van der Waals surface area contributed by atoms with E-state index in [1.165, 1.54) is 0 Å². The lowest BCUT2D eigenvalue weighted by atomic mass is 10.1. The molecule has 0 saturated heterocycles. The summed E-state index contributed by atoms with van der Waals surface area (Å²) in [7, 11) is 3.16. The molecule has 0 atom stereocenters. The SMILES string of the molecule is COc1ccc2c(OC)cc(-c3cccc(N)n3)nc2c1Cl. The zero-order valence-corrected chi connectivity index (χ0v) is 12.9. The maximum absolute atomic E-state index is 6.37. The van der Waals surface area contributed by atoms with E-state index < -0.39 is 0 Å². The Kier molecular flexibility index (Phi) is 3.73. The molecule has 0 aliphatic rings. The molecule has 3 aromatic rings. The third kappa shape index (κ3) is 2.40. The number of anilines is 1. The van der Waals surface area contributed by atoms with Crippen LogP contribution < -0.4 is 15.2 Å². The van der Waals surface area contributed by atoms with E-state index in [0.29, 0.717) is 39.2 Å². The second kappa shape index (κ2) is 5.69. The molecule has 112 valence electrons. The first-order valence-electron chi connectivity index (χ1n) is 6.58. The normalized spacial score (nSPS) is 10.7. The first kappa shape index (κ1) is 14.4. The van der Waals surface area contributed by atoms with Gasteiger partial charge in [0.25, 0.3) is 0 Å². The zero-order chi connectivity index (χ0) is 15.7. The minimum absolute atomic E-state index is 0.426. The van der Waals surface area contributed by atoms with E-state index in [9.17, 15) is 0 Å². The van der Waals surface area contributed by atoms with Crippen molar-refractivity contribution >= 4 is 28.3 Å². The highest BCUT2D eigenvalue weighted by molar-refractivity contribution is 6.36. The second-order valence-electron chi connectivity index (χ2n) is 4.64. The number of fused-ring (bicyclic) bond motifs is 1. The molecule has 0 fully saturated rings. The highest BCUT2D eigenvalue weighted by atomic mass is 35.5. The van der Waals surface area contributed by atoms with Crippen LogP contribution in [-0.2, 0) is 0 Å². The monoisotopic (exact) mass is 315 g/mol. The van der Waals surface area contributed by atoms with Crippen molar-refractivity contribution in [2.24, 2.45) is 0 Å². The molecule has 0 saturated carbocycles. The molecule has 1 aromatic carbocycles. The lowest BCUT2D eigenvalue weighted by Gasteiger charge is -2.11. The smallest absolute Gasteiger partial charge is 0.139 e. The van der Waals surface area contributed by atoms with Gasteiger partial charge in [-0.15, -0.1) is 0 Å². The zero-order valence-electron chi connectivity index (χ0n) is 12.1. The van der Waals surface area contributed by atoms with Gasteiger partial charge in [-0.05, 0) is 24.3 Å². The molecular formula is C16H14ClN3O2. The predicted molar refractivity (Wildman–Crippen MR) is 87.5 cm³/mol. The van der Waals surface area contributed by atoms with Crippen LogP contribution in [0.4, 0.5) is 5.82 Å². The summed E-state index contributed by atoms with van der Waals surface area (Å²) in [6, 6.07) is 10.8. The molecule has 0 radical (unpaired) electrons. The molecule has 0 aliphatic heterocycles. The van der Waals surface area contributed by atoms with Gasteiger partial charge in [-0.25, -0.2) is 9.97 Å². The second-order valence-corrected chi connectivity index (χ2v) is 5.01. The predicted octanol–water partition coefficient (Wildman–Crippen LogP) is 3.55. The molecule has 0 amide bonds. The molecule has 6 heteroatoms. The van der Waals surface area contributed by atoms with Crippen molar-refractivity contribution in [2.75, 3.05) is 20.0 Å². The van der Waals surface area contributed by atoms with Crippen LogP contribution in [0.5, 0.6) is 11.5 Å². The average Bonchev–Trinajstić information content (AvgIpc) is 2.54. The summed E-state index contributed by atoms with van der Waals surface area (Å²) in [4.78, 5) is 8.88. The first-order chi connectivity index (χ1) is 10.6. The Labute approximate surface area is 132 Å². The standard InChI is InChI=1S/C16H14ClN3O2/c1-21-12-7-6-9-13(22-2)8-11(20-16(9)15(12)17)10-4-3-5-14(18)19-10/h3-8H,1-2H3,(H2,18,19). The van der Waals surface area contributed by atoms with E-state index in [1.54, 1.807) is 26.4 Å². The summed E-state index contributed by atoms with van der Waals surface area (Å²) in [5.74, 6) is 1.64. The quantitative estimate of drug-likeness (QED) is 0.800. The molecule has 2 aromatic heterocycles. The molecule has 2 heterocycles. The van der Waals surface area contributed by atoms with Gasteiger partial charge >= 0.3 is 0 Å². The highest BCUT2D eigenvalue weighted by Crippen LogP contribution is 2.37. The van der Waals surface area contributed by atoms with Crippen LogP contribution in [0.1, 0.15) is 0 Å². The number of nitrogen functional groups attached to an aromatic ring is 1. The molecule has 3 rings (SSSR count). The third-order valence-electron chi connectivity index (χ3n) is 3.32. The lowest BCUT2D eigenvalue weighted by molar-refractivity contribution is 0.414. The molecular weight excluding hydrogens is 302 g/mol. The van der Waals surface area contributed by atoms with E-state index in [4.69, 9.17) is 26.8 Å². The fourth-order valence-electron chi connectivity index (χ4n) is 2.26. The Bertz CT molecular complexity index is 852. The van der Waals surface area contributed by atoms with Crippen LogP contribution in [0.2, 0.25) is 5.02 Å². The van der Waals surface area contributed by atoms with Crippen LogP contribution in [0.25, 0.3) is 22.3 Å². The van der Waals surface area contributed by atoms with Crippen LogP contribution in [0.15, 0.2) is 36.4 Å². The molecule has 0 spiro atoms. The number of pyridine rings is 2. The van der Waals surface area contributed by atoms with Gasteiger partial charge in [-0.2, -0.15) is 0 Å². The summed E-state index contributed by atoms with van der Waals surface area (Å²) in [5, 5.41) is 1.24. The Morgan fingerprint density at radius 1 is 0.955 bits per heavy atom. The molecule has 2 N–H and O–H groups in total. The fraction of sp³-hybridized carbons (Fsp3) is 0.125. The highest BCUT2D eigenvalue weighted by Gasteiger charge is 2.14. The number of benzene rings is 1. The summed E-state index contributed by atoms with van der Waals surface area (Å²) in [6.07, 6.45) is 0. The molecule has 22 heavy (non-hydrogen) atoms. The van der Waals surface area contributed by atoms with Crippen LogP contribution in [0, 0.1) is 0 Å². The van der Waals surface area contributed by atoms with Gasteiger partial charge in [0.1, 0.15) is 22.3 Å². The molecule has 0 unspecified atom stereocenters. The van der Waals surface area contributed by atoms with Gasteiger partial charge in [0.2, 0.25) is 0 Å². The number of rotatable bonds is 3. The Morgan fingerprint density at radius 3 is 2.41 bits per heavy atom. The number of nitrogens with zero attached hydrogens (tertiary/aromatic N) is 2. The summed E-state index contributed by atoms with van der Waals surface area (Å²) >= 11 is 6.37. The summed E-state index contributed by atoms with van der Waals surface area (Å²) < 4.78 is 10.7. The minimum Gasteiger partial charge on any atom is -0.496 e. The Morgan fingerprint density at radius 2 is 1.73 bits per heavy atom. The number of methoxy groups -OCH3 is 2. The average molecular weight is 316 g/mol. The van der Waals surface area contributed by atoms with Crippen molar-refractivity contribution in [1.82, 2.24) is 9.97 Å². The third-order valence-corrected chi connectivity index (χ3v) is 3.68. The maximum atomic E-state index is 6.37. The minimum atomic E-state index is 0.426. The van der Waals surface area contributed by atoms with Crippen molar-refractivity contribution in [2.45, 2.75) is 0 Å². The summed E-state index contributed by atoms with van der Waals surface area (Å²) in [5.41, 5.74) is 7.62. The largest absolute Gasteiger partial charge is 0.496 e. The molecule has 0 aliphatic carbocycles. The Hall–Kier alpha value is -2.53. The van der Waals surface area contributed by atoms with Gasteiger partial charge in [-0.1, -0.05) is 17.7 Å². The molecule has 0 bridgehead atoms. The van der Waals surface area contributed by atoms with Gasteiger partial charge < -0.3 is 15.2 Å². The maximum Gasteiger partial charge on any atom is 0.139 e. The van der Waals surface area contributed by atoms with Gasteiger partial charge in [0.15, 0.2) is 0 Å². The topological polar surface area (TPSA) is 70.3 Å². The number of hydrogen-bond acceptors (Lipinski definition) is 5. The first-order valence-corrected chi connectivity index (χ1v) is 6.96. The van der Waals surface area contributed by atoms with Crippen LogP contribution in [0.3, 0.4) is 0 Å². The number of nitrogens with two attached hydrogens (primary N) is 1. The van der Waals surface area contributed by atoms with Gasteiger partial charge in [-0.3, -0.25) is 0 Å². The lowest BCUT2D eigenvalue weighted by Crippen LogP contribution is -1.96. The summed E-state index contributed by atoms with van der Waals surface area (Å²) in [6.45, 7) is 0. The van der Waals surface area contributed by atoms with E-state index >= 15 is 0 Å². The van der Waals surface area contributed by atoms with Crippen LogP contribution >= 0.6 is 11.6 Å². The van der Waals surface area contributed by atoms with E-state index in [2.05, 4.69) is 9.97 Å². The number of aromatic nitrogens is 2. The van der Waals surface area contributed by atoms with Crippen molar-refractivity contribution in [3.05, 3.63) is 41.4 Å². The fourth-order valence-corrected chi connectivity index (χ4v) is 2.54. The number of halogens is 1. The number of hydrogen-bond donors (Lipinski definition) is 1. The molecule has 5 nitrogen and oxygen atoms in total. The van der Waals surface area contributed by atoms with Gasteiger partial charge in [0, 0.05) is 11.5 Å². The van der Waals surface area contributed by atoms with Crippen molar-refractivity contribution < 1.29 is 9.47 Å². The van der Waals surface area contributed by atoms with Crippen LogP contribution in [-0.4, -0.2) is 24.2 Å². The van der Waals surface area contributed by atoms with E-state index in [-0.39, 0.29) is 0 Å². The van der Waals surface area contributed by atoms with Crippen molar-refractivity contribution in [3.63, 3.8) is 0 Å². The van der Waals surface area contributed by atoms with Crippen molar-refractivity contribution in [1.29, 1.82) is 0 Å². The van der Waals surface area contributed by atoms with E-state index in [0.717, 1.165) is 5.39 Å². The van der Waals surface area contributed by atoms with Gasteiger partial charge in [0.05, 0.1) is 31.1 Å². The van der Waals surface area contributed by atoms with Crippen molar-refractivity contribution in [3.8, 4) is 22.9 Å². The number of ether oxygens (including phenoxy) is 2.